The summed E-state index contributed by atoms with van der Waals surface area (Å²) in [4.78, 5) is 140. The van der Waals surface area contributed by atoms with Gasteiger partial charge in [0.2, 0.25) is 0 Å². The van der Waals surface area contributed by atoms with E-state index in [1.54, 1.807) is 39.2 Å². The molecule has 16 bridgehead atoms. The molecule has 0 radical (unpaired) electrons. The summed E-state index contributed by atoms with van der Waals surface area (Å²) in [5.74, 6) is 7.73. The summed E-state index contributed by atoms with van der Waals surface area (Å²) in [5, 5.41) is 0. The number of thioether (sulfide) groups is 4. The van der Waals surface area contributed by atoms with Gasteiger partial charge in [-0.2, -0.15) is 47.0 Å². The summed E-state index contributed by atoms with van der Waals surface area (Å²) >= 11 is 8.02. The van der Waals surface area contributed by atoms with E-state index < -0.39 is 46.8 Å². The Kier molecular flexibility index (Phi) is 41.7. The Hall–Kier alpha value is -6.92. The molecule has 0 spiro atoms. The third-order valence-corrected chi connectivity index (χ3v) is 26.9. The standard InChI is InChI=1S/C96H148N12O12S4/c1-93(2,3)117-89(113)105-53-13-49-102-58-62-106(90(114)118-94(4,5)6)54-14-50-101(57-61-105)85(109)81-33-25-77(26-34-81)73-97-41-17-65-121-69-21-45-99(46-22-70-122-66-18-42-97)75-79-29-37-83(38-30-79)87(111)103-51-15-55-108(92(116)120-96(10,11)12)64-60-104(52-16-56-107(63-59-103)91(115)119-95(7,8)9)88(112)84-39-31-80(32-40-84)76-100-47-23-71-123-67-19-43-98(44-20-68-124-72-24-48-100)74-78-27-35-82(36-28-78)86(102)110/h25-40H,13-24,41-76H2,1-12H3. The van der Waals surface area contributed by atoms with Crippen LogP contribution in [0.1, 0.15) is 224 Å². The van der Waals surface area contributed by atoms with E-state index in [4.69, 9.17) is 18.9 Å². The molecule has 0 atom stereocenters. The molecule has 26 heterocycles. The van der Waals surface area contributed by atoms with E-state index >= 15 is 0 Å². The van der Waals surface area contributed by atoms with Gasteiger partial charge in [0, 0.05) is 153 Å². The Morgan fingerprint density at radius 2 is 0.395 bits per heavy atom. The van der Waals surface area contributed by atoms with Crippen molar-refractivity contribution in [3.63, 3.8) is 0 Å². The Bertz CT molecular complexity index is 3400. The number of hydrogen-bond donors (Lipinski definition) is 0. The fourth-order valence-electron chi connectivity index (χ4n) is 15.9. The van der Waals surface area contributed by atoms with Crippen molar-refractivity contribution in [1.29, 1.82) is 0 Å². The van der Waals surface area contributed by atoms with Gasteiger partial charge in [0.25, 0.3) is 23.6 Å². The molecular formula is C96H148N12O12S4. The molecule has 0 N–H and O–H groups in total. The van der Waals surface area contributed by atoms with Crippen LogP contribution in [0.25, 0.3) is 0 Å². The topological polar surface area (TPSA) is 212 Å². The zero-order valence-electron chi connectivity index (χ0n) is 77.1. The highest BCUT2D eigenvalue weighted by molar-refractivity contribution is 7.99. The van der Waals surface area contributed by atoms with Crippen molar-refractivity contribution in [2.24, 2.45) is 0 Å². The third kappa shape index (κ3) is 37.0. The van der Waals surface area contributed by atoms with Gasteiger partial charge in [-0.25, -0.2) is 19.2 Å². The molecule has 124 heavy (non-hydrogen) atoms. The minimum absolute atomic E-state index is 0.158. The maximum Gasteiger partial charge on any atom is 0.410 e. The van der Waals surface area contributed by atoms with Gasteiger partial charge >= 0.3 is 24.4 Å². The second-order valence-corrected chi connectivity index (χ2v) is 42.5. The van der Waals surface area contributed by atoms with E-state index in [0.29, 0.717) is 74.1 Å². The average Bonchev–Trinajstić information content (AvgIpc) is 0.858. The number of carbonyl (C=O) groups is 8. The van der Waals surface area contributed by atoms with Crippen LogP contribution in [-0.2, 0) is 45.1 Å². The van der Waals surface area contributed by atoms with Crippen molar-refractivity contribution in [2.75, 3.05) is 203 Å². The van der Waals surface area contributed by atoms with Crippen LogP contribution in [0, 0.1) is 0 Å². The van der Waals surface area contributed by atoms with Gasteiger partial charge in [-0.05, 0) is 329 Å². The molecule has 688 valence electrons. The van der Waals surface area contributed by atoms with Crippen LogP contribution in [0.15, 0.2) is 97.1 Å². The molecule has 4 saturated heterocycles. The molecule has 4 fully saturated rings. The second-order valence-electron chi connectivity index (χ2n) is 37.6. The van der Waals surface area contributed by atoms with Crippen molar-refractivity contribution in [3.05, 3.63) is 142 Å². The van der Waals surface area contributed by atoms with Gasteiger partial charge in [-0.1, -0.05) is 48.5 Å². The van der Waals surface area contributed by atoms with Gasteiger partial charge in [-0.3, -0.25) is 38.8 Å². The molecule has 4 aromatic rings. The zero-order valence-corrected chi connectivity index (χ0v) is 80.3. The van der Waals surface area contributed by atoms with E-state index in [9.17, 15) is 38.4 Å². The van der Waals surface area contributed by atoms with Crippen LogP contribution in [0.4, 0.5) is 19.2 Å². The monoisotopic (exact) mass is 1790 g/mol. The lowest BCUT2D eigenvalue weighted by molar-refractivity contribution is 0.0179. The SMILES string of the molecule is CC(C)(C)OC(=O)N1CCCN2CCN(C(=O)OC(C)(C)C)CCCN(CC1)C(=O)c1ccc(cc1)CN1CCCSCCCN(CCCSCCC1)Cc1ccc(cc1)C(=O)N1CCCN(C(=O)OC(C)(C)C)CCN(CCCN(C(=O)OC(C)(C)C)CC1)C(=O)c1ccc(cc1)CN1CCCSCCCN(CCCSCCC1)Cc1ccc(cc1)C2=O. The van der Waals surface area contributed by atoms with Crippen LogP contribution >= 0.6 is 47.0 Å². The molecule has 30 rings (SSSR count). The van der Waals surface area contributed by atoms with Crippen LogP contribution in [-0.4, -0.2) is 332 Å². The molecule has 28 heteroatoms. The highest BCUT2D eigenvalue weighted by Crippen LogP contribution is 2.25. The van der Waals surface area contributed by atoms with Crippen LogP contribution in [0.3, 0.4) is 0 Å². The minimum atomic E-state index is -0.768. The van der Waals surface area contributed by atoms with Crippen LogP contribution in [0.2, 0.25) is 0 Å². The molecule has 0 unspecified atom stereocenters. The van der Waals surface area contributed by atoms with Crippen molar-refractivity contribution in [3.8, 4) is 0 Å². The summed E-state index contributed by atoms with van der Waals surface area (Å²) in [6, 6.07) is 32.0. The summed E-state index contributed by atoms with van der Waals surface area (Å²) in [7, 11) is 0. The summed E-state index contributed by atoms with van der Waals surface area (Å²) in [6.07, 6.45) is 8.19. The van der Waals surface area contributed by atoms with Crippen LogP contribution < -0.4 is 0 Å². The van der Waals surface area contributed by atoms with Gasteiger partial charge in [0.15, 0.2) is 0 Å². The number of hydrogen-bond acceptors (Lipinski definition) is 20. The average molecular weight is 1790 g/mol. The molecule has 4 aromatic carbocycles. The van der Waals surface area contributed by atoms with Crippen molar-refractivity contribution in [2.45, 2.75) is 209 Å². The van der Waals surface area contributed by atoms with Crippen LogP contribution in [0.5, 0.6) is 0 Å². The van der Waals surface area contributed by atoms with E-state index in [1.807, 2.05) is 179 Å². The van der Waals surface area contributed by atoms with Gasteiger partial charge in [-0.15, -0.1) is 0 Å². The predicted octanol–water partition coefficient (Wildman–Crippen LogP) is 16.4. The van der Waals surface area contributed by atoms with E-state index in [-0.39, 0.29) is 102 Å². The lowest BCUT2D eigenvalue weighted by Crippen LogP contribution is -2.47. The fraction of sp³-hybridized carbons (Fsp3) is 0.667. The first kappa shape index (κ1) is 101. The van der Waals surface area contributed by atoms with Crippen molar-refractivity contribution >= 4 is 95.0 Å². The van der Waals surface area contributed by atoms with Crippen molar-refractivity contribution in [1.82, 2.24) is 58.8 Å². The molecule has 0 aliphatic carbocycles. The number of amides is 8. The van der Waals surface area contributed by atoms with E-state index in [1.165, 1.54) is 0 Å². The maximum absolute atomic E-state index is 14.9. The summed E-state index contributed by atoms with van der Waals surface area (Å²) < 4.78 is 24.0. The molecular weight excluding hydrogens is 1640 g/mol. The molecule has 26 aliphatic rings. The fourth-order valence-corrected chi connectivity index (χ4v) is 19.4. The molecule has 0 aromatic heterocycles. The maximum atomic E-state index is 14.9. The highest BCUT2D eigenvalue weighted by Gasteiger charge is 2.33. The Labute approximate surface area is 759 Å². The molecule has 0 saturated carbocycles. The number of nitrogens with zero attached hydrogens (tertiary/aromatic N) is 12. The number of benzene rings is 4. The van der Waals surface area contributed by atoms with E-state index in [2.05, 4.69) is 68.1 Å². The van der Waals surface area contributed by atoms with Gasteiger partial charge in [0.05, 0.1) is 0 Å². The van der Waals surface area contributed by atoms with Gasteiger partial charge < -0.3 is 58.1 Å². The zero-order chi connectivity index (χ0) is 89.1. The summed E-state index contributed by atoms with van der Waals surface area (Å²) in [6.45, 7) is 37.0. The number of ether oxygens (including phenoxy) is 4. The first-order chi connectivity index (χ1) is 59.3. The predicted molar refractivity (Wildman–Crippen MR) is 506 cm³/mol. The minimum Gasteiger partial charge on any atom is -0.444 e. The largest absolute Gasteiger partial charge is 0.444 e. The lowest BCUT2D eigenvalue weighted by atomic mass is 10.1. The third-order valence-electron chi connectivity index (χ3n) is 22.3. The molecule has 24 nitrogen and oxygen atoms in total. The number of carbonyl (C=O) groups excluding carboxylic acids is 8. The van der Waals surface area contributed by atoms with Crippen molar-refractivity contribution < 1.29 is 57.3 Å². The molecule has 26 aliphatic heterocycles. The number of rotatable bonds is 0. The first-order valence-electron chi connectivity index (χ1n) is 45.9. The van der Waals surface area contributed by atoms with Gasteiger partial charge in [0.1, 0.15) is 22.4 Å². The Morgan fingerprint density at radius 3 is 0.556 bits per heavy atom. The Balaban J connectivity index is 0.953. The second kappa shape index (κ2) is 51.3. The Morgan fingerprint density at radius 1 is 0.226 bits per heavy atom. The lowest BCUT2D eigenvalue weighted by Gasteiger charge is -2.33. The first-order valence-corrected chi connectivity index (χ1v) is 50.5. The normalized spacial score (nSPS) is 22.0. The van der Waals surface area contributed by atoms with E-state index in [0.717, 1.165) is 198 Å². The summed E-state index contributed by atoms with van der Waals surface area (Å²) in [5.41, 5.74) is 3.65. The quantitative estimate of drug-likeness (QED) is 0.150. The highest BCUT2D eigenvalue weighted by atomic mass is 32.2. The smallest absolute Gasteiger partial charge is 0.410 e. The molecule has 8 amide bonds.